The maximum absolute atomic E-state index is 12.4. The second-order valence-electron chi connectivity index (χ2n) is 6.95. The second-order valence-corrected chi connectivity index (χ2v) is 6.95. The zero-order chi connectivity index (χ0) is 17.3. The topological polar surface area (TPSA) is 47.6 Å². The van der Waals surface area contributed by atoms with Crippen LogP contribution in [0, 0.1) is 0 Å². The number of methoxy groups -OCH3 is 1. The number of rotatable bonds is 3. The number of benzene rings is 2. The molecule has 0 fully saturated rings. The van der Waals surface area contributed by atoms with E-state index in [2.05, 4.69) is 26.1 Å². The van der Waals surface area contributed by atoms with Crippen LogP contribution in [-0.2, 0) is 0 Å². The van der Waals surface area contributed by atoms with Crippen molar-refractivity contribution in [2.75, 3.05) is 12.4 Å². The number of ether oxygens (including phenoxy) is 2. The van der Waals surface area contributed by atoms with E-state index in [4.69, 9.17) is 9.47 Å². The Hall–Kier alpha value is -2.49. The summed E-state index contributed by atoms with van der Waals surface area (Å²) in [5.74, 6) is 1.06. The Morgan fingerprint density at radius 3 is 2.71 bits per heavy atom. The Balaban J connectivity index is 1.84. The standard InChI is InChI=1S/C20H23NO3/c1-13-12-20(2,3)21-17-10-9-14(11-16(13)17)24-19(22)15-7-5-6-8-18(15)23-4/h5-11,13,21H,12H2,1-4H3. The third-order valence-corrected chi connectivity index (χ3v) is 4.38. The van der Waals surface area contributed by atoms with Gasteiger partial charge in [0, 0.05) is 11.2 Å². The first-order valence-corrected chi connectivity index (χ1v) is 8.17. The van der Waals surface area contributed by atoms with Crippen LogP contribution in [0.2, 0.25) is 0 Å². The Labute approximate surface area is 142 Å². The number of carbonyl (C=O) groups is 1. The Morgan fingerprint density at radius 2 is 1.96 bits per heavy atom. The normalized spacial score (nSPS) is 18.2. The highest BCUT2D eigenvalue weighted by Crippen LogP contribution is 2.40. The maximum Gasteiger partial charge on any atom is 0.347 e. The van der Waals surface area contributed by atoms with Gasteiger partial charge in [0.2, 0.25) is 0 Å². The number of esters is 1. The predicted molar refractivity (Wildman–Crippen MR) is 95.1 cm³/mol. The fourth-order valence-electron chi connectivity index (χ4n) is 3.39. The molecule has 0 spiro atoms. The minimum atomic E-state index is -0.413. The fraction of sp³-hybridized carbons (Fsp3) is 0.350. The molecule has 0 saturated heterocycles. The lowest BCUT2D eigenvalue weighted by Gasteiger charge is -2.37. The largest absolute Gasteiger partial charge is 0.496 e. The summed E-state index contributed by atoms with van der Waals surface area (Å²) in [5.41, 5.74) is 2.78. The zero-order valence-electron chi connectivity index (χ0n) is 14.6. The number of hydrogen-bond acceptors (Lipinski definition) is 4. The lowest BCUT2D eigenvalue weighted by Crippen LogP contribution is -2.36. The number of anilines is 1. The molecule has 4 heteroatoms. The molecule has 2 aromatic carbocycles. The van der Waals surface area contributed by atoms with Gasteiger partial charge in [-0.3, -0.25) is 0 Å². The van der Waals surface area contributed by atoms with E-state index in [1.165, 1.54) is 5.56 Å². The van der Waals surface area contributed by atoms with Crippen LogP contribution in [-0.4, -0.2) is 18.6 Å². The van der Waals surface area contributed by atoms with E-state index < -0.39 is 5.97 Å². The van der Waals surface area contributed by atoms with Gasteiger partial charge in [0.15, 0.2) is 0 Å². The van der Waals surface area contributed by atoms with Crippen molar-refractivity contribution in [2.45, 2.75) is 38.6 Å². The molecule has 3 rings (SSSR count). The SMILES string of the molecule is COc1ccccc1C(=O)Oc1ccc2c(c1)C(C)CC(C)(C)N2. The van der Waals surface area contributed by atoms with Crippen LogP contribution in [0.1, 0.15) is 49.0 Å². The molecule has 0 amide bonds. The summed E-state index contributed by atoms with van der Waals surface area (Å²) in [7, 11) is 1.54. The number of carbonyl (C=O) groups excluding carboxylic acids is 1. The highest BCUT2D eigenvalue weighted by Gasteiger charge is 2.29. The minimum absolute atomic E-state index is 0.0714. The van der Waals surface area contributed by atoms with E-state index in [1.54, 1.807) is 25.3 Å². The minimum Gasteiger partial charge on any atom is -0.496 e. The molecule has 24 heavy (non-hydrogen) atoms. The summed E-state index contributed by atoms with van der Waals surface area (Å²) in [4.78, 5) is 12.4. The molecule has 4 nitrogen and oxygen atoms in total. The molecule has 2 aromatic rings. The molecule has 0 saturated carbocycles. The summed E-state index contributed by atoms with van der Waals surface area (Å²) < 4.78 is 10.8. The van der Waals surface area contributed by atoms with Crippen LogP contribution in [0.4, 0.5) is 5.69 Å². The van der Waals surface area contributed by atoms with E-state index in [9.17, 15) is 4.79 Å². The lowest BCUT2D eigenvalue weighted by atomic mass is 9.82. The third-order valence-electron chi connectivity index (χ3n) is 4.38. The van der Waals surface area contributed by atoms with E-state index in [-0.39, 0.29) is 5.54 Å². The summed E-state index contributed by atoms with van der Waals surface area (Å²) >= 11 is 0. The Morgan fingerprint density at radius 1 is 1.21 bits per heavy atom. The molecule has 0 aromatic heterocycles. The van der Waals surface area contributed by atoms with Gasteiger partial charge in [-0.2, -0.15) is 0 Å². The molecular formula is C20H23NO3. The first kappa shape index (κ1) is 16.4. The zero-order valence-corrected chi connectivity index (χ0v) is 14.6. The summed E-state index contributed by atoms with van der Waals surface area (Å²) in [6.07, 6.45) is 1.03. The molecule has 1 heterocycles. The van der Waals surface area contributed by atoms with Crippen molar-refractivity contribution >= 4 is 11.7 Å². The Bertz CT molecular complexity index is 767. The van der Waals surface area contributed by atoms with Crippen molar-refractivity contribution in [1.29, 1.82) is 0 Å². The molecule has 1 unspecified atom stereocenters. The van der Waals surface area contributed by atoms with Gasteiger partial charge in [0.25, 0.3) is 0 Å². The first-order chi connectivity index (χ1) is 11.4. The molecule has 0 bridgehead atoms. The number of fused-ring (bicyclic) bond motifs is 1. The summed E-state index contributed by atoms with van der Waals surface area (Å²) in [6.45, 7) is 6.59. The van der Waals surface area contributed by atoms with Gasteiger partial charge in [-0.05, 0) is 62.1 Å². The highest BCUT2D eigenvalue weighted by atomic mass is 16.5. The van der Waals surface area contributed by atoms with Crippen LogP contribution >= 0.6 is 0 Å². The van der Waals surface area contributed by atoms with Crippen molar-refractivity contribution < 1.29 is 14.3 Å². The molecule has 126 valence electrons. The molecule has 1 aliphatic rings. The number of hydrogen-bond donors (Lipinski definition) is 1. The quantitative estimate of drug-likeness (QED) is 0.661. The van der Waals surface area contributed by atoms with E-state index in [1.807, 2.05) is 24.3 Å². The molecule has 1 N–H and O–H groups in total. The summed E-state index contributed by atoms with van der Waals surface area (Å²) in [6, 6.07) is 12.8. The van der Waals surface area contributed by atoms with Gasteiger partial charge < -0.3 is 14.8 Å². The molecule has 0 radical (unpaired) electrons. The average Bonchev–Trinajstić information content (AvgIpc) is 2.54. The van der Waals surface area contributed by atoms with E-state index >= 15 is 0 Å². The summed E-state index contributed by atoms with van der Waals surface area (Å²) in [5, 5.41) is 3.54. The maximum atomic E-state index is 12.4. The third kappa shape index (κ3) is 3.23. The highest BCUT2D eigenvalue weighted by molar-refractivity contribution is 5.94. The smallest absolute Gasteiger partial charge is 0.347 e. The van der Waals surface area contributed by atoms with Crippen molar-refractivity contribution in [2.24, 2.45) is 0 Å². The van der Waals surface area contributed by atoms with Crippen LogP contribution in [0.3, 0.4) is 0 Å². The van der Waals surface area contributed by atoms with Crippen LogP contribution in [0.25, 0.3) is 0 Å². The molecular weight excluding hydrogens is 302 g/mol. The van der Waals surface area contributed by atoms with Gasteiger partial charge in [-0.25, -0.2) is 4.79 Å². The molecule has 1 aliphatic heterocycles. The van der Waals surface area contributed by atoms with Crippen molar-refractivity contribution in [3.8, 4) is 11.5 Å². The Kier molecular flexibility index (Phi) is 4.22. The van der Waals surface area contributed by atoms with Crippen molar-refractivity contribution in [1.82, 2.24) is 0 Å². The van der Waals surface area contributed by atoms with Gasteiger partial charge >= 0.3 is 5.97 Å². The van der Waals surface area contributed by atoms with Gasteiger partial charge in [-0.1, -0.05) is 19.1 Å². The van der Waals surface area contributed by atoms with Gasteiger partial charge in [0.05, 0.1) is 7.11 Å². The van der Waals surface area contributed by atoms with Gasteiger partial charge in [-0.15, -0.1) is 0 Å². The van der Waals surface area contributed by atoms with E-state index in [0.29, 0.717) is 23.0 Å². The van der Waals surface area contributed by atoms with Crippen LogP contribution in [0.5, 0.6) is 11.5 Å². The number of para-hydroxylation sites is 1. The monoisotopic (exact) mass is 325 g/mol. The van der Waals surface area contributed by atoms with Gasteiger partial charge in [0.1, 0.15) is 17.1 Å². The second kappa shape index (κ2) is 6.19. The fourth-order valence-corrected chi connectivity index (χ4v) is 3.39. The van der Waals surface area contributed by atoms with E-state index in [0.717, 1.165) is 12.1 Å². The predicted octanol–water partition coefficient (Wildman–Crippen LogP) is 4.61. The molecule has 0 aliphatic carbocycles. The van der Waals surface area contributed by atoms with Crippen LogP contribution < -0.4 is 14.8 Å². The van der Waals surface area contributed by atoms with Crippen molar-refractivity contribution in [3.63, 3.8) is 0 Å². The average molecular weight is 325 g/mol. The molecule has 1 atom stereocenters. The number of nitrogens with one attached hydrogen (secondary N) is 1. The first-order valence-electron chi connectivity index (χ1n) is 8.17. The lowest BCUT2D eigenvalue weighted by molar-refractivity contribution is 0.0731. The van der Waals surface area contributed by atoms with Crippen molar-refractivity contribution in [3.05, 3.63) is 53.6 Å². The van der Waals surface area contributed by atoms with Crippen LogP contribution in [0.15, 0.2) is 42.5 Å².